The molecular formula is C46H32. The highest BCUT2D eigenvalue weighted by molar-refractivity contribution is 6.11. The molecule has 0 atom stereocenters. The second-order valence-corrected chi connectivity index (χ2v) is 11.6. The zero-order valence-electron chi connectivity index (χ0n) is 25.5. The Kier molecular flexibility index (Phi) is 7.30. The highest BCUT2D eigenvalue weighted by Gasteiger charge is 2.23. The fourth-order valence-corrected chi connectivity index (χ4v) is 6.85. The van der Waals surface area contributed by atoms with Gasteiger partial charge in [0.15, 0.2) is 0 Å². The van der Waals surface area contributed by atoms with Crippen molar-refractivity contribution in [1.29, 1.82) is 0 Å². The van der Waals surface area contributed by atoms with Crippen molar-refractivity contribution in [2.45, 2.75) is 0 Å². The fourth-order valence-electron chi connectivity index (χ4n) is 6.85. The van der Waals surface area contributed by atoms with Crippen LogP contribution in [0.3, 0.4) is 0 Å². The zero-order chi connectivity index (χ0) is 30.7. The summed E-state index contributed by atoms with van der Waals surface area (Å²) in [6.45, 7) is 0. The van der Waals surface area contributed by atoms with Gasteiger partial charge in [0.05, 0.1) is 0 Å². The van der Waals surface area contributed by atoms with Crippen LogP contribution >= 0.6 is 0 Å². The Balaban J connectivity index is 1.56. The lowest BCUT2D eigenvalue weighted by atomic mass is 9.79. The van der Waals surface area contributed by atoms with Gasteiger partial charge in [0, 0.05) is 0 Å². The molecule has 0 bridgehead atoms. The minimum atomic E-state index is 1.20. The maximum atomic E-state index is 2.34. The number of benzene rings is 8. The van der Waals surface area contributed by atoms with Gasteiger partial charge < -0.3 is 0 Å². The molecule has 0 amide bonds. The molecule has 8 aromatic rings. The van der Waals surface area contributed by atoms with Crippen LogP contribution in [0.1, 0.15) is 0 Å². The molecule has 0 heterocycles. The average Bonchev–Trinajstić information content (AvgIpc) is 3.15. The van der Waals surface area contributed by atoms with E-state index < -0.39 is 0 Å². The average molecular weight is 585 g/mol. The third-order valence-electron chi connectivity index (χ3n) is 8.93. The van der Waals surface area contributed by atoms with E-state index in [1.54, 1.807) is 0 Å². The van der Waals surface area contributed by atoms with Crippen LogP contribution in [0.4, 0.5) is 0 Å². The van der Waals surface area contributed by atoms with Crippen LogP contribution in [0.25, 0.3) is 77.5 Å². The normalized spacial score (nSPS) is 11.0. The van der Waals surface area contributed by atoms with Crippen molar-refractivity contribution < 1.29 is 0 Å². The highest BCUT2D eigenvalue weighted by Crippen LogP contribution is 2.50. The first-order valence-electron chi connectivity index (χ1n) is 15.9. The molecule has 0 saturated heterocycles. The van der Waals surface area contributed by atoms with Crippen LogP contribution in [0.15, 0.2) is 194 Å². The molecule has 216 valence electrons. The molecule has 8 aromatic carbocycles. The first-order valence-corrected chi connectivity index (χ1v) is 15.9. The van der Waals surface area contributed by atoms with Crippen molar-refractivity contribution in [3.63, 3.8) is 0 Å². The Morgan fingerprint density at radius 3 is 1.22 bits per heavy atom. The van der Waals surface area contributed by atoms with Crippen LogP contribution in [-0.4, -0.2) is 0 Å². The Morgan fingerprint density at radius 1 is 0.196 bits per heavy atom. The SMILES string of the molecule is c1ccc(-c2ccccc2-c2ccc(-c3ccccc3)c(-c3ccccc3-c3ccccc3)c2-c2cccc3ccccc23)cc1. The summed E-state index contributed by atoms with van der Waals surface area (Å²) in [5.74, 6) is 0. The van der Waals surface area contributed by atoms with Gasteiger partial charge in [0.1, 0.15) is 0 Å². The van der Waals surface area contributed by atoms with Gasteiger partial charge >= 0.3 is 0 Å². The molecule has 0 aliphatic carbocycles. The third kappa shape index (κ3) is 5.01. The van der Waals surface area contributed by atoms with Crippen molar-refractivity contribution in [1.82, 2.24) is 0 Å². The maximum Gasteiger partial charge on any atom is -0.00139 e. The van der Waals surface area contributed by atoms with Gasteiger partial charge in [-0.3, -0.25) is 0 Å². The predicted molar refractivity (Wildman–Crippen MR) is 197 cm³/mol. The molecule has 46 heavy (non-hydrogen) atoms. The highest BCUT2D eigenvalue weighted by atomic mass is 14.3. The molecule has 0 aliphatic heterocycles. The largest absolute Gasteiger partial charge is 0.0622 e. The zero-order valence-corrected chi connectivity index (χ0v) is 25.5. The van der Waals surface area contributed by atoms with E-state index in [0.29, 0.717) is 0 Å². The summed E-state index contributed by atoms with van der Waals surface area (Å²) < 4.78 is 0. The summed E-state index contributed by atoms with van der Waals surface area (Å²) in [5.41, 5.74) is 14.6. The van der Waals surface area contributed by atoms with Crippen molar-refractivity contribution >= 4 is 10.8 Å². The minimum absolute atomic E-state index is 1.20. The van der Waals surface area contributed by atoms with Gasteiger partial charge in [-0.2, -0.15) is 0 Å². The van der Waals surface area contributed by atoms with Crippen molar-refractivity contribution in [2.75, 3.05) is 0 Å². The molecule has 0 aromatic heterocycles. The van der Waals surface area contributed by atoms with E-state index in [2.05, 4.69) is 194 Å². The van der Waals surface area contributed by atoms with E-state index in [4.69, 9.17) is 0 Å². The van der Waals surface area contributed by atoms with Crippen molar-refractivity contribution in [2.24, 2.45) is 0 Å². The Bertz CT molecular complexity index is 2270. The van der Waals surface area contributed by atoms with Crippen molar-refractivity contribution in [3.05, 3.63) is 194 Å². The number of hydrogen-bond donors (Lipinski definition) is 0. The summed E-state index contributed by atoms with van der Waals surface area (Å²) in [5, 5.41) is 2.47. The lowest BCUT2D eigenvalue weighted by molar-refractivity contribution is 1.53. The maximum absolute atomic E-state index is 2.34. The van der Waals surface area contributed by atoms with Gasteiger partial charge in [0.25, 0.3) is 0 Å². The smallest absolute Gasteiger partial charge is 0.00139 e. The van der Waals surface area contributed by atoms with Crippen LogP contribution in [0, 0.1) is 0 Å². The first-order chi connectivity index (χ1) is 22.9. The summed E-state index contributed by atoms with van der Waals surface area (Å²) in [6.07, 6.45) is 0. The van der Waals surface area contributed by atoms with E-state index in [9.17, 15) is 0 Å². The standard InChI is InChI=1S/C46H32/c1-4-17-33(18-5-1)37-25-12-14-28-41(37)44-32-31-40(36-21-8-3-9-22-36)45(42-29-15-13-27-38(42)34-19-6-2-7-20-34)46(44)43-30-16-24-35-23-10-11-26-39(35)43/h1-32H. The lowest BCUT2D eigenvalue weighted by Gasteiger charge is -2.24. The van der Waals surface area contributed by atoms with E-state index >= 15 is 0 Å². The van der Waals surface area contributed by atoms with Gasteiger partial charge in [-0.05, 0) is 77.5 Å². The van der Waals surface area contributed by atoms with Crippen LogP contribution in [-0.2, 0) is 0 Å². The molecule has 0 radical (unpaired) electrons. The molecule has 0 aliphatic rings. The Labute approximate surface area is 270 Å². The molecule has 0 fully saturated rings. The molecule has 0 unspecified atom stereocenters. The number of fused-ring (bicyclic) bond motifs is 1. The Hall–Kier alpha value is -5.98. The predicted octanol–water partition coefficient (Wildman–Crippen LogP) is 12.8. The molecule has 0 saturated carbocycles. The molecule has 0 heteroatoms. The third-order valence-corrected chi connectivity index (χ3v) is 8.93. The summed E-state index contributed by atoms with van der Waals surface area (Å²) >= 11 is 0. The Morgan fingerprint density at radius 2 is 0.587 bits per heavy atom. The van der Waals surface area contributed by atoms with E-state index in [1.165, 1.54) is 77.5 Å². The molecule has 0 spiro atoms. The summed E-state index contributed by atoms with van der Waals surface area (Å²) in [6, 6.07) is 70.2. The molecule has 8 rings (SSSR count). The molecule has 0 nitrogen and oxygen atoms in total. The minimum Gasteiger partial charge on any atom is -0.0622 e. The summed E-state index contributed by atoms with van der Waals surface area (Å²) in [4.78, 5) is 0. The first kappa shape index (κ1) is 27.6. The number of rotatable bonds is 6. The molecule has 0 N–H and O–H groups in total. The van der Waals surface area contributed by atoms with Crippen molar-refractivity contribution in [3.8, 4) is 66.8 Å². The monoisotopic (exact) mass is 584 g/mol. The van der Waals surface area contributed by atoms with Crippen LogP contribution in [0.2, 0.25) is 0 Å². The second kappa shape index (κ2) is 12.2. The number of hydrogen-bond acceptors (Lipinski definition) is 0. The quantitative estimate of drug-likeness (QED) is 0.182. The van der Waals surface area contributed by atoms with E-state index in [0.717, 1.165) is 0 Å². The summed E-state index contributed by atoms with van der Waals surface area (Å²) in [7, 11) is 0. The van der Waals surface area contributed by atoms with E-state index in [-0.39, 0.29) is 0 Å². The fraction of sp³-hybridized carbons (Fsp3) is 0. The van der Waals surface area contributed by atoms with Gasteiger partial charge in [-0.1, -0.05) is 194 Å². The van der Waals surface area contributed by atoms with Crippen LogP contribution in [0.5, 0.6) is 0 Å². The van der Waals surface area contributed by atoms with Gasteiger partial charge in [-0.25, -0.2) is 0 Å². The van der Waals surface area contributed by atoms with E-state index in [1.807, 2.05) is 0 Å². The van der Waals surface area contributed by atoms with Gasteiger partial charge in [0.2, 0.25) is 0 Å². The lowest BCUT2D eigenvalue weighted by Crippen LogP contribution is -1.97. The van der Waals surface area contributed by atoms with Gasteiger partial charge in [-0.15, -0.1) is 0 Å². The second-order valence-electron chi connectivity index (χ2n) is 11.6. The molecular weight excluding hydrogens is 553 g/mol. The topological polar surface area (TPSA) is 0 Å². The van der Waals surface area contributed by atoms with Crippen LogP contribution < -0.4 is 0 Å².